The van der Waals surface area contributed by atoms with Crippen molar-refractivity contribution >= 4 is 34.0 Å². The van der Waals surface area contributed by atoms with Crippen LogP contribution < -0.4 is 5.32 Å². The van der Waals surface area contributed by atoms with Crippen molar-refractivity contribution in [3.63, 3.8) is 0 Å². The van der Waals surface area contributed by atoms with Crippen molar-refractivity contribution < 1.29 is 4.79 Å². The van der Waals surface area contributed by atoms with E-state index in [9.17, 15) is 4.79 Å². The van der Waals surface area contributed by atoms with Crippen molar-refractivity contribution in [1.82, 2.24) is 0 Å². The largest absolute Gasteiger partial charge is 0.325 e. The Morgan fingerprint density at radius 2 is 1.94 bits per heavy atom. The molecule has 0 radical (unpaired) electrons. The molecule has 0 saturated heterocycles. The molecular formula is C14H14ClNO. The number of carbonyl (C=O) groups excluding carboxylic acids is 1. The summed E-state index contributed by atoms with van der Waals surface area (Å²) in [4.78, 5) is 11.7. The Balaban J connectivity index is 2.27. The third kappa shape index (κ3) is 2.98. The standard InChI is InChI=1S/C14H14ClNO/c1-10(15)9-14(17)16-13-8-4-6-11-5-2-3-7-12(11)13/h2-8,10H,9H2,1H3,(H,16,17). The molecule has 0 aromatic heterocycles. The summed E-state index contributed by atoms with van der Waals surface area (Å²) in [6.07, 6.45) is 0.324. The number of benzene rings is 2. The summed E-state index contributed by atoms with van der Waals surface area (Å²) in [5, 5.41) is 4.91. The van der Waals surface area contributed by atoms with Gasteiger partial charge in [0.2, 0.25) is 5.91 Å². The number of rotatable bonds is 3. The Labute approximate surface area is 106 Å². The summed E-state index contributed by atoms with van der Waals surface area (Å²) >= 11 is 5.80. The highest BCUT2D eigenvalue weighted by Crippen LogP contribution is 2.23. The van der Waals surface area contributed by atoms with Crippen LogP contribution in [0.2, 0.25) is 0 Å². The van der Waals surface area contributed by atoms with Crippen LogP contribution in [0.3, 0.4) is 0 Å². The Bertz CT molecular complexity index is 531. The van der Waals surface area contributed by atoms with Crippen LogP contribution >= 0.6 is 11.6 Å². The highest BCUT2D eigenvalue weighted by atomic mass is 35.5. The van der Waals surface area contributed by atoms with Crippen molar-refractivity contribution in [2.75, 3.05) is 5.32 Å². The van der Waals surface area contributed by atoms with Gasteiger partial charge in [-0.1, -0.05) is 36.4 Å². The lowest BCUT2D eigenvalue weighted by Crippen LogP contribution is -2.15. The van der Waals surface area contributed by atoms with Gasteiger partial charge in [-0.05, 0) is 18.4 Å². The molecule has 0 saturated carbocycles. The molecule has 3 heteroatoms. The highest BCUT2D eigenvalue weighted by Gasteiger charge is 2.08. The monoisotopic (exact) mass is 247 g/mol. The average molecular weight is 248 g/mol. The average Bonchev–Trinajstić information content (AvgIpc) is 2.28. The molecule has 0 fully saturated rings. The second-order valence-corrected chi connectivity index (χ2v) is 4.80. The van der Waals surface area contributed by atoms with Crippen LogP contribution in [0.15, 0.2) is 42.5 Å². The van der Waals surface area contributed by atoms with Gasteiger partial charge < -0.3 is 5.32 Å². The first-order chi connectivity index (χ1) is 8.16. The molecule has 0 heterocycles. The smallest absolute Gasteiger partial charge is 0.225 e. The number of anilines is 1. The van der Waals surface area contributed by atoms with Crippen LogP contribution in [0, 0.1) is 0 Å². The first-order valence-electron chi connectivity index (χ1n) is 5.58. The number of hydrogen-bond donors (Lipinski definition) is 1. The molecule has 0 bridgehead atoms. The summed E-state index contributed by atoms with van der Waals surface area (Å²) in [5.74, 6) is -0.0520. The molecule has 2 aromatic rings. The Kier molecular flexibility index (Phi) is 3.64. The first kappa shape index (κ1) is 11.9. The maximum absolute atomic E-state index is 11.7. The Morgan fingerprint density at radius 1 is 1.24 bits per heavy atom. The van der Waals surface area contributed by atoms with Gasteiger partial charge in [0.25, 0.3) is 0 Å². The van der Waals surface area contributed by atoms with Crippen LogP contribution in [-0.2, 0) is 4.79 Å². The van der Waals surface area contributed by atoms with E-state index < -0.39 is 0 Å². The van der Waals surface area contributed by atoms with Gasteiger partial charge in [0.15, 0.2) is 0 Å². The van der Waals surface area contributed by atoms with E-state index in [-0.39, 0.29) is 11.3 Å². The van der Waals surface area contributed by atoms with Crippen molar-refractivity contribution in [2.45, 2.75) is 18.7 Å². The number of hydrogen-bond acceptors (Lipinski definition) is 1. The molecule has 1 unspecified atom stereocenters. The van der Waals surface area contributed by atoms with E-state index in [1.165, 1.54) is 0 Å². The van der Waals surface area contributed by atoms with Gasteiger partial charge >= 0.3 is 0 Å². The topological polar surface area (TPSA) is 29.1 Å². The van der Waals surface area contributed by atoms with Crippen LogP contribution in [0.4, 0.5) is 5.69 Å². The third-order valence-corrected chi connectivity index (χ3v) is 2.68. The quantitative estimate of drug-likeness (QED) is 0.822. The van der Waals surface area contributed by atoms with E-state index in [4.69, 9.17) is 11.6 Å². The van der Waals surface area contributed by atoms with E-state index in [2.05, 4.69) is 5.32 Å². The minimum atomic E-state index is -0.148. The molecule has 0 aliphatic carbocycles. The minimum Gasteiger partial charge on any atom is -0.325 e. The molecule has 1 amide bonds. The van der Waals surface area contributed by atoms with E-state index in [0.717, 1.165) is 16.5 Å². The van der Waals surface area contributed by atoms with Crippen LogP contribution in [0.1, 0.15) is 13.3 Å². The van der Waals surface area contributed by atoms with Crippen LogP contribution in [0.5, 0.6) is 0 Å². The lowest BCUT2D eigenvalue weighted by Gasteiger charge is -2.09. The van der Waals surface area contributed by atoms with Crippen molar-refractivity contribution in [2.24, 2.45) is 0 Å². The predicted octanol–water partition coefficient (Wildman–Crippen LogP) is 3.80. The number of amides is 1. The molecule has 2 aromatic carbocycles. The zero-order chi connectivity index (χ0) is 12.3. The fraction of sp³-hybridized carbons (Fsp3) is 0.214. The molecular weight excluding hydrogens is 234 g/mol. The highest BCUT2D eigenvalue weighted by molar-refractivity contribution is 6.22. The number of nitrogens with one attached hydrogen (secondary N) is 1. The molecule has 0 aliphatic heterocycles. The lowest BCUT2D eigenvalue weighted by atomic mass is 10.1. The van der Waals surface area contributed by atoms with E-state index in [1.807, 2.05) is 49.4 Å². The maximum atomic E-state index is 11.7. The van der Waals surface area contributed by atoms with Crippen molar-refractivity contribution in [1.29, 1.82) is 0 Å². The van der Waals surface area contributed by atoms with E-state index in [0.29, 0.717) is 6.42 Å². The van der Waals surface area contributed by atoms with Crippen LogP contribution in [0.25, 0.3) is 10.8 Å². The summed E-state index contributed by atoms with van der Waals surface area (Å²) < 4.78 is 0. The normalized spacial score (nSPS) is 12.4. The number of halogens is 1. The van der Waals surface area contributed by atoms with Gasteiger partial charge in [0.05, 0.1) is 0 Å². The lowest BCUT2D eigenvalue weighted by molar-refractivity contribution is -0.116. The predicted molar refractivity (Wildman–Crippen MR) is 72.5 cm³/mol. The molecule has 2 rings (SSSR count). The Hall–Kier alpha value is -1.54. The van der Waals surface area contributed by atoms with Gasteiger partial charge in [0, 0.05) is 22.9 Å². The van der Waals surface area contributed by atoms with Gasteiger partial charge in [0.1, 0.15) is 0 Å². The maximum Gasteiger partial charge on any atom is 0.225 e. The first-order valence-corrected chi connectivity index (χ1v) is 6.02. The summed E-state index contributed by atoms with van der Waals surface area (Å²) in [6.45, 7) is 1.81. The van der Waals surface area contributed by atoms with Gasteiger partial charge in [-0.2, -0.15) is 0 Å². The zero-order valence-electron chi connectivity index (χ0n) is 9.61. The van der Waals surface area contributed by atoms with Gasteiger partial charge in [-0.3, -0.25) is 4.79 Å². The summed E-state index contributed by atoms with van der Waals surface area (Å²) in [6, 6.07) is 13.8. The summed E-state index contributed by atoms with van der Waals surface area (Å²) in [7, 11) is 0. The van der Waals surface area contributed by atoms with E-state index >= 15 is 0 Å². The van der Waals surface area contributed by atoms with E-state index in [1.54, 1.807) is 0 Å². The van der Waals surface area contributed by atoms with Gasteiger partial charge in [-0.15, -0.1) is 11.6 Å². The van der Waals surface area contributed by atoms with Crippen LogP contribution in [-0.4, -0.2) is 11.3 Å². The second kappa shape index (κ2) is 5.19. The fourth-order valence-electron chi connectivity index (χ4n) is 1.79. The fourth-order valence-corrected chi connectivity index (χ4v) is 1.93. The molecule has 88 valence electrons. The number of fused-ring (bicyclic) bond motifs is 1. The second-order valence-electron chi connectivity index (χ2n) is 4.06. The van der Waals surface area contributed by atoms with Gasteiger partial charge in [-0.25, -0.2) is 0 Å². The zero-order valence-corrected chi connectivity index (χ0v) is 10.4. The summed E-state index contributed by atoms with van der Waals surface area (Å²) in [5.41, 5.74) is 0.838. The molecule has 17 heavy (non-hydrogen) atoms. The molecule has 1 N–H and O–H groups in total. The number of carbonyl (C=O) groups is 1. The molecule has 0 aliphatic rings. The van der Waals surface area contributed by atoms with Crippen molar-refractivity contribution in [3.05, 3.63) is 42.5 Å². The number of alkyl halides is 1. The van der Waals surface area contributed by atoms with Crippen molar-refractivity contribution in [3.8, 4) is 0 Å². The molecule has 0 spiro atoms. The molecule has 2 nitrogen and oxygen atoms in total. The SMILES string of the molecule is CC(Cl)CC(=O)Nc1cccc2ccccc12. The minimum absolute atomic E-state index is 0.0520. The third-order valence-electron chi connectivity index (χ3n) is 2.53. The Morgan fingerprint density at radius 3 is 2.71 bits per heavy atom. The molecule has 1 atom stereocenters.